The molecule has 0 aliphatic heterocycles. The maximum absolute atomic E-state index is 13.3. The van der Waals surface area contributed by atoms with Crippen LogP contribution in [0.3, 0.4) is 0 Å². The number of nitrogens with zero attached hydrogens (tertiary/aromatic N) is 2. The van der Waals surface area contributed by atoms with Crippen LogP contribution in [0, 0.1) is 6.92 Å². The second kappa shape index (κ2) is 8.27. The van der Waals surface area contributed by atoms with E-state index in [2.05, 4.69) is 10.3 Å². The Morgan fingerprint density at radius 3 is 2.52 bits per heavy atom. The molecule has 3 aromatic carbocycles. The molecule has 0 radical (unpaired) electrons. The fraction of sp³-hybridized carbons (Fsp3) is 0.115. The van der Waals surface area contributed by atoms with E-state index < -0.39 is 0 Å². The van der Waals surface area contributed by atoms with E-state index in [4.69, 9.17) is 18.9 Å². The lowest BCUT2D eigenvalue weighted by atomic mass is 10.0. The van der Waals surface area contributed by atoms with Gasteiger partial charge in [-0.25, -0.2) is 9.97 Å². The molecule has 0 unspecified atom stereocenters. The van der Waals surface area contributed by atoms with Crippen molar-refractivity contribution in [2.45, 2.75) is 6.92 Å². The third kappa shape index (κ3) is 3.85. The molecule has 33 heavy (non-hydrogen) atoms. The number of para-hydroxylation sites is 1. The smallest absolute Gasteiger partial charge is 0.256 e. The number of carbonyl (C=O) groups excluding carboxylic acids is 1. The first kappa shape index (κ1) is 20.5. The molecule has 0 fully saturated rings. The Morgan fingerprint density at radius 1 is 0.879 bits per heavy atom. The van der Waals surface area contributed by atoms with Crippen molar-refractivity contribution in [1.29, 1.82) is 0 Å². The predicted molar refractivity (Wildman–Crippen MR) is 127 cm³/mol. The minimum absolute atomic E-state index is 0.241. The molecule has 2 heterocycles. The summed E-state index contributed by atoms with van der Waals surface area (Å²) in [6, 6.07) is 20.3. The van der Waals surface area contributed by atoms with Crippen molar-refractivity contribution in [2.75, 3.05) is 19.5 Å². The Morgan fingerprint density at radius 2 is 1.70 bits per heavy atom. The molecule has 0 saturated carbocycles. The number of aromatic nitrogens is 2. The number of anilines is 1. The number of amides is 1. The summed E-state index contributed by atoms with van der Waals surface area (Å²) < 4.78 is 16.3. The van der Waals surface area contributed by atoms with E-state index >= 15 is 0 Å². The van der Waals surface area contributed by atoms with Gasteiger partial charge in [-0.1, -0.05) is 18.2 Å². The Kier molecular flexibility index (Phi) is 5.14. The van der Waals surface area contributed by atoms with Crippen molar-refractivity contribution in [3.63, 3.8) is 0 Å². The minimum Gasteiger partial charge on any atom is -0.493 e. The molecule has 5 aromatic rings. The van der Waals surface area contributed by atoms with Crippen molar-refractivity contribution in [3.05, 3.63) is 78.2 Å². The highest BCUT2D eigenvalue weighted by Crippen LogP contribution is 2.33. The third-order valence-electron chi connectivity index (χ3n) is 5.39. The second-order valence-electron chi connectivity index (χ2n) is 7.51. The largest absolute Gasteiger partial charge is 0.493 e. The van der Waals surface area contributed by atoms with Gasteiger partial charge in [0.2, 0.25) is 0 Å². The zero-order valence-corrected chi connectivity index (χ0v) is 18.4. The van der Waals surface area contributed by atoms with Crippen molar-refractivity contribution in [2.24, 2.45) is 0 Å². The van der Waals surface area contributed by atoms with Gasteiger partial charge in [-0.15, -0.1) is 0 Å². The van der Waals surface area contributed by atoms with E-state index in [0.717, 1.165) is 16.5 Å². The highest BCUT2D eigenvalue weighted by Gasteiger charge is 2.16. The molecule has 1 N–H and O–H groups in total. The summed E-state index contributed by atoms with van der Waals surface area (Å²) in [6.07, 6.45) is 0. The molecule has 7 heteroatoms. The van der Waals surface area contributed by atoms with Crippen LogP contribution in [-0.4, -0.2) is 30.1 Å². The Hall–Kier alpha value is -4.39. The number of carbonyl (C=O) groups is 1. The number of pyridine rings is 1. The van der Waals surface area contributed by atoms with E-state index in [1.165, 1.54) is 0 Å². The van der Waals surface area contributed by atoms with Crippen molar-refractivity contribution < 1.29 is 18.7 Å². The number of aryl methyl sites for hydroxylation is 1. The maximum atomic E-state index is 13.3. The summed E-state index contributed by atoms with van der Waals surface area (Å²) in [5, 5.41) is 3.74. The molecule has 0 spiro atoms. The van der Waals surface area contributed by atoms with Crippen molar-refractivity contribution in [1.82, 2.24) is 9.97 Å². The van der Waals surface area contributed by atoms with Crippen LogP contribution in [0.4, 0.5) is 5.69 Å². The quantitative estimate of drug-likeness (QED) is 0.382. The summed E-state index contributed by atoms with van der Waals surface area (Å²) in [5.41, 5.74) is 4.70. The summed E-state index contributed by atoms with van der Waals surface area (Å²) in [5.74, 6) is 1.55. The van der Waals surface area contributed by atoms with Gasteiger partial charge in [0.25, 0.3) is 5.91 Å². The number of oxazole rings is 1. The van der Waals surface area contributed by atoms with Gasteiger partial charge in [-0.05, 0) is 48.5 Å². The van der Waals surface area contributed by atoms with Gasteiger partial charge >= 0.3 is 0 Å². The summed E-state index contributed by atoms with van der Waals surface area (Å²) in [7, 11) is 3.17. The number of rotatable bonds is 5. The molecule has 1 amide bonds. The van der Waals surface area contributed by atoms with Crippen LogP contribution in [0.5, 0.6) is 11.5 Å². The zero-order valence-electron chi connectivity index (χ0n) is 18.4. The topological polar surface area (TPSA) is 86.5 Å². The Balaban J connectivity index is 1.57. The first-order valence-electron chi connectivity index (χ1n) is 10.4. The van der Waals surface area contributed by atoms with Gasteiger partial charge in [0.05, 0.1) is 31.0 Å². The third-order valence-corrected chi connectivity index (χ3v) is 5.39. The fourth-order valence-electron chi connectivity index (χ4n) is 3.83. The van der Waals surface area contributed by atoms with Gasteiger partial charge in [-0.3, -0.25) is 4.79 Å². The van der Waals surface area contributed by atoms with Crippen LogP contribution in [0.25, 0.3) is 33.3 Å². The molecule has 0 bridgehead atoms. The Labute approximate surface area is 190 Å². The molecule has 0 saturated heterocycles. The molecule has 7 nitrogen and oxygen atoms in total. The lowest BCUT2D eigenvalue weighted by molar-refractivity contribution is 0.102. The normalized spacial score (nSPS) is 11.0. The first-order valence-corrected chi connectivity index (χ1v) is 10.4. The van der Waals surface area contributed by atoms with E-state index in [0.29, 0.717) is 45.4 Å². The number of fused-ring (bicyclic) bond motifs is 2. The number of ether oxygens (including phenoxy) is 2. The average Bonchev–Trinajstić information content (AvgIpc) is 3.22. The molecule has 0 aliphatic carbocycles. The van der Waals surface area contributed by atoms with Crippen LogP contribution >= 0.6 is 0 Å². The Bertz CT molecular complexity index is 1510. The average molecular weight is 439 g/mol. The van der Waals surface area contributed by atoms with Crippen LogP contribution in [0.1, 0.15) is 16.2 Å². The van der Waals surface area contributed by atoms with Gasteiger partial charge in [0.1, 0.15) is 5.52 Å². The van der Waals surface area contributed by atoms with Gasteiger partial charge in [0, 0.05) is 23.6 Å². The molecular weight excluding hydrogens is 418 g/mol. The molecule has 0 atom stereocenters. The van der Waals surface area contributed by atoms with Gasteiger partial charge in [-0.2, -0.15) is 0 Å². The monoisotopic (exact) mass is 439 g/mol. The number of hydrogen-bond donors (Lipinski definition) is 1. The van der Waals surface area contributed by atoms with Crippen LogP contribution < -0.4 is 14.8 Å². The first-order chi connectivity index (χ1) is 16.1. The fourth-order valence-corrected chi connectivity index (χ4v) is 3.83. The van der Waals surface area contributed by atoms with E-state index in [-0.39, 0.29) is 5.91 Å². The highest BCUT2D eigenvalue weighted by atomic mass is 16.5. The minimum atomic E-state index is -0.241. The van der Waals surface area contributed by atoms with Crippen LogP contribution in [0.15, 0.2) is 71.1 Å². The molecule has 164 valence electrons. The second-order valence-corrected chi connectivity index (χ2v) is 7.51. The SMILES string of the molecule is COc1ccc(-c2cc(C(=O)Nc3ccc4oc(C)nc4c3)c3ccccc3n2)cc1OC. The van der Waals surface area contributed by atoms with E-state index in [1.807, 2.05) is 42.5 Å². The summed E-state index contributed by atoms with van der Waals surface area (Å²) in [6.45, 7) is 1.79. The van der Waals surface area contributed by atoms with Crippen molar-refractivity contribution >= 4 is 33.6 Å². The van der Waals surface area contributed by atoms with Crippen LogP contribution in [0.2, 0.25) is 0 Å². The molecule has 5 rings (SSSR count). The molecule has 0 aliphatic rings. The number of nitrogens with one attached hydrogen (secondary N) is 1. The number of hydrogen-bond acceptors (Lipinski definition) is 6. The zero-order chi connectivity index (χ0) is 22.9. The number of methoxy groups -OCH3 is 2. The predicted octanol–water partition coefficient (Wildman–Crippen LogP) is 5.62. The summed E-state index contributed by atoms with van der Waals surface area (Å²) in [4.78, 5) is 22.5. The van der Waals surface area contributed by atoms with Gasteiger partial charge in [0.15, 0.2) is 23.0 Å². The van der Waals surface area contributed by atoms with Crippen molar-refractivity contribution in [3.8, 4) is 22.8 Å². The lowest BCUT2D eigenvalue weighted by Crippen LogP contribution is -2.13. The lowest BCUT2D eigenvalue weighted by Gasteiger charge is -2.12. The van der Waals surface area contributed by atoms with E-state index in [9.17, 15) is 4.79 Å². The highest BCUT2D eigenvalue weighted by molar-refractivity contribution is 6.13. The van der Waals surface area contributed by atoms with Gasteiger partial charge < -0.3 is 19.2 Å². The summed E-state index contributed by atoms with van der Waals surface area (Å²) >= 11 is 0. The number of benzene rings is 3. The molecule has 2 aromatic heterocycles. The molecular formula is C26H21N3O4. The van der Waals surface area contributed by atoms with Crippen LogP contribution in [-0.2, 0) is 0 Å². The van der Waals surface area contributed by atoms with E-state index in [1.54, 1.807) is 45.4 Å². The maximum Gasteiger partial charge on any atom is 0.256 e. The standard InChI is InChI=1S/C26H21N3O4/c1-15-27-22-13-17(9-11-23(22)33-15)28-26(30)19-14-21(29-20-7-5-4-6-18(19)20)16-8-10-24(31-2)25(12-16)32-3/h4-14H,1-3H3,(H,28,30).